The molecule has 5 heteroatoms. The zero-order valence-electron chi connectivity index (χ0n) is 10.4. The lowest BCUT2D eigenvalue weighted by Gasteiger charge is -2.17. The van der Waals surface area contributed by atoms with E-state index in [-0.39, 0.29) is 0 Å². The van der Waals surface area contributed by atoms with Crippen LogP contribution in [0.4, 0.5) is 5.82 Å². The molecule has 2 N–H and O–H groups in total. The number of rotatable bonds is 5. The van der Waals surface area contributed by atoms with Crippen molar-refractivity contribution in [2.45, 2.75) is 13.1 Å². The smallest absolute Gasteiger partial charge is 0.145 e. The zero-order chi connectivity index (χ0) is 13.0. The van der Waals surface area contributed by atoms with E-state index in [0.29, 0.717) is 5.82 Å². The van der Waals surface area contributed by atoms with Crippen LogP contribution in [0.25, 0.3) is 0 Å². The highest BCUT2D eigenvalue weighted by molar-refractivity contribution is 9.10. The standard InChI is InChI=1S/C13H17BrN4/c1-17(8-9-18-7-6-13(15)16-18)10-11-4-2-3-5-12(11)14/h2-7H,8-10H2,1H3,(H2,15,16). The monoisotopic (exact) mass is 308 g/mol. The lowest BCUT2D eigenvalue weighted by atomic mass is 10.2. The number of nitrogens with zero attached hydrogens (tertiary/aromatic N) is 3. The summed E-state index contributed by atoms with van der Waals surface area (Å²) in [6.45, 7) is 2.69. The average Bonchev–Trinajstić information content (AvgIpc) is 2.76. The molecule has 2 rings (SSSR count). The van der Waals surface area contributed by atoms with Gasteiger partial charge in [-0.05, 0) is 24.7 Å². The number of hydrogen-bond acceptors (Lipinski definition) is 3. The van der Waals surface area contributed by atoms with Crippen molar-refractivity contribution in [1.29, 1.82) is 0 Å². The van der Waals surface area contributed by atoms with E-state index < -0.39 is 0 Å². The van der Waals surface area contributed by atoms with Crippen LogP contribution >= 0.6 is 15.9 Å². The molecule has 0 atom stereocenters. The normalized spacial score (nSPS) is 11.1. The van der Waals surface area contributed by atoms with Gasteiger partial charge in [0, 0.05) is 23.8 Å². The summed E-state index contributed by atoms with van der Waals surface area (Å²) in [5.41, 5.74) is 6.87. The van der Waals surface area contributed by atoms with Crippen LogP contribution in [-0.4, -0.2) is 28.3 Å². The van der Waals surface area contributed by atoms with Crippen molar-refractivity contribution in [1.82, 2.24) is 14.7 Å². The minimum Gasteiger partial charge on any atom is -0.382 e. The van der Waals surface area contributed by atoms with Crippen LogP contribution in [0.1, 0.15) is 5.56 Å². The van der Waals surface area contributed by atoms with E-state index in [1.165, 1.54) is 5.56 Å². The minimum absolute atomic E-state index is 0.573. The highest BCUT2D eigenvalue weighted by atomic mass is 79.9. The molecule has 2 aromatic rings. The molecule has 0 aliphatic rings. The van der Waals surface area contributed by atoms with Gasteiger partial charge in [-0.1, -0.05) is 34.1 Å². The average molecular weight is 309 g/mol. The van der Waals surface area contributed by atoms with Gasteiger partial charge in [-0.15, -0.1) is 0 Å². The van der Waals surface area contributed by atoms with Gasteiger partial charge in [0.15, 0.2) is 0 Å². The lowest BCUT2D eigenvalue weighted by Crippen LogP contribution is -2.23. The molecule has 0 aliphatic carbocycles. The Bertz CT molecular complexity index is 509. The van der Waals surface area contributed by atoms with Crippen LogP contribution in [0, 0.1) is 0 Å². The summed E-state index contributed by atoms with van der Waals surface area (Å²) in [5.74, 6) is 0.573. The second-order valence-electron chi connectivity index (χ2n) is 4.33. The summed E-state index contributed by atoms with van der Waals surface area (Å²) >= 11 is 3.56. The summed E-state index contributed by atoms with van der Waals surface area (Å²) in [6, 6.07) is 10.1. The number of anilines is 1. The predicted octanol–water partition coefficient (Wildman–Crippen LogP) is 2.36. The van der Waals surface area contributed by atoms with E-state index in [2.05, 4.69) is 51.2 Å². The highest BCUT2D eigenvalue weighted by Gasteiger charge is 2.04. The summed E-state index contributed by atoms with van der Waals surface area (Å²) < 4.78 is 3.02. The Morgan fingerprint density at radius 2 is 2.11 bits per heavy atom. The first-order valence-electron chi connectivity index (χ1n) is 5.86. The van der Waals surface area contributed by atoms with Crippen LogP contribution in [0.15, 0.2) is 41.0 Å². The van der Waals surface area contributed by atoms with Crippen LogP contribution < -0.4 is 5.73 Å². The number of nitrogens with two attached hydrogens (primary N) is 1. The molecule has 4 nitrogen and oxygen atoms in total. The van der Waals surface area contributed by atoms with Gasteiger partial charge in [0.05, 0.1) is 6.54 Å². The molecule has 0 saturated carbocycles. The molecule has 0 radical (unpaired) electrons. The Morgan fingerprint density at radius 1 is 1.33 bits per heavy atom. The Labute approximate surface area is 116 Å². The summed E-state index contributed by atoms with van der Waals surface area (Å²) in [4.78, 5) is 2.26. The van der Waals surface area contributed by atoms with E-state index in [1.807, 2.05) is 23.0 Å². The fraction of sp³-hybridized carbons (Fsp3) is 0.308. The topological polar surface area (TPSA) is 47.1 Å². The number of hydrogen-bond donors (Lipinski definition) is 1. The Hall–Kier alpha value is -1.33. The highest BCUT2D eigenvalue weighted by Crippen LogP contribution is 2.17. The fourth-order valence-electron chi connectivity index (χ4n) is 1.77. The Kier molecular flexibility index (Phi) is 4.38. The van der Waals surface area contributed by atoms with E-state index in [1.54, 1.807) is 0 Å². The van der Waals surface area contributed by atoms with Crippen molar-refractivity contribution < 1.29 is 0 Å². The van der Waals surface area contributed by atoms with Crippen molar-refractivity contribution in [3.63, 3.8) is 0 Å². The summed E-state index contributed by atoms with van der Waals surface area (Å²) in [6.07, 6.45) is 1.90. The second-order valence-corrected chi connectivity index (χ2v) is 5.19. The predicted molar refractivity (Wildman–Crippen MR) is 77.1 cm³/mol. The maximum absolute atomic E-state index is 5.58. The first-order chi connectivity index (χ1) is 8.65. The minimum atomic E-state index is 0.573. The maximum atomic E-state index is 5.58. The van der Waals surface area contributed by atoms with Crippen molar-refractivity contribution in [2.24, 2.45) is 0 Å². The number of nitrogen functional groups attached to an aromatic ring is 1. The van der Waals surface area contributed by atoms with Gasteiger partial charge in [0.2, 0.25) is 0 Å². The van der Waals surface area contributed by atoms with Crippen molar-refractivity contribution in [2.75, 3.05) is 19.3 Å². The third kappa shape index (κ3) is 3.58. The molecule has 0 fully saturated rings. The van der Waals surface area contributed by atoms with Gasteiger partial charge in [-0.25, -0.2) is 0 Å². The molecule has 0 bridgehead atoms. The molecule has 0 saturated heterocycles. The Balaban J connectivity index is 1.85. The van der Waals surface area contributed by atoms with Crippen molar-refractivity contribution in [3.8, 4) is 0 Å². The SMILES string of the molecule is CN(CCn1ccc(N)n1)Cc1ccccc1Br. The molecule has 0 spiro atoms. The molecule has 0 aliphatic heterocycles. The summed E-state index contributed by atoms with van der Waals surface area (Å²) in [5, 5.41) is 4.17. The quantitative estimate of drug-likeness (QED) is 0.922. The van der Waals surface area contributed by atoms with E-state index in [4.69, 9.17) is 5.73 Å². The summed E-state index contributed by atoms with van der Waals surface area (Å²) in [7, 11) is 2.10. The van der Waals surface area contributed by atoms with E-state index >= 15 is 0 Å². The molecular formula is C13H17BrN4. The third-order valence-electron chi connectivity index (χ3n) is 2.77. The first-order valence-corrected chi connectivity index (χ1v) is 6.65. The molecule has 0 unspecified atom stereocenters. The number of benzene rings is 1. The van der Waals surface area contributed by atoms with Gasteiger partial charge < -0.3 is 10.6 Å². The maximum Gasteiger partial charge on any atom is 0.145 e. The molecule has 96 valence electrons. The zero-order valence-corrected chi connectivity index (χ0v) is 12.0. The van der Waals surface area contributed by atoms with Gasteiger partial charge in [0.1, 0.15) is 5.82 Å². The van der Waals surface area contributed by atoms with Crippen LogP contribution in [0.3, 0.4) is 0 Å². The molecule has 1 aromatic heterocycles. The van der Waals surface area contributed by atoms with Crippen LogP contribution in [-0.2, 0) is 13.1 Å². The molecule has 1 aromatic carbocycles. The van der Waals surface area contributed by atoms with Gasteiger partial charge >= 0.3 is 0 Å². The van der Waals surface area contributed by atoms with Gasteiger partial charge in [-0.3, -0.25) is 4.68 Å². The number of halogens is 1. The van der Waals surface area contributed by atoms with Crippen molar-refractivity contribution >= 4 is 21.7 Å². The van der Waals surface area contributed by atoms with E-state index in [9.17, 15) is 0 Å². The van der Waals surface area contributed by atoms with Crippen LogP contribution in [0.5, 0.6) is 0 Å². The largest absolute Gasteiger partial charge is 0.382 e. The lowest BCUT2D eigenvalue weighted by molar-refractivity contribution is 0.305. The Morgan fingerprint density at radius 3 is 2.78 bits per heavy atom. The first kappa shape index (κ1) is 13.1. The van der Waals surface area contributed by atoms with Crippen molar-refractivity contribution in [3.05, 3.63) is 46.6 Å². The van der Waals surface area contributed by atoms with E-state index in [0.717, 1.165) is 24.1 Å². The van der Waals surface area contributed by atoms with Crippen LogP contribution in [0.2, 0.25) is 0 Å². The second kappa shape index (κ2) is 6.02. The van der Waals surface area contributed by atoms with Gasteiger partial charge in [-0.2, -0.15) is 5.10 Å². The number of aromatic nitrogens is 2. The molecule has 0 amide bonds. The third-order valence-corrected chi connectivity index (χ3v) is 3.54. The number of likely N-dealkylation sites (N-methyl/N-ethyl adjacent to an activating group) is 1. The fourth-order valence-corrected chi connectivity index (χ4v) is 2.18. The molecule has 18 heavy (non-hydrogen) atoms. The molecular weight excluding hydrogens is 292 g/mol. The van der Waals surface area contributed by atoms with Gasteiger partial charge in [0.25, 0.3) is 0 Å². The molecule has 1 heterocycles.